The highest BCUT2D eigenvalue weighted by atomic mass is 32.2. The number of sulfonamides is 1. The van der Waals surface area contributed by atoms with E-state index < -0.39 is 20.9 Å². The summed E-state index contributed by atoms with van der Waals surface area (Å²) in [6, 6.07) is 0. The topological polar surface area (TPSA) is 101 Å². The highest BCUT2D eigenvalue weighted by Gasteiger charge is 2.35. The van der Waals surface area contributed by atoms with E-state index in [2.05, 4.69) is 20.8 Å². The summed E-state index contributed by atoms with van der Waals surface area (Å²) in [5, 5.41) is 25.1. The quantitative estimate of drug-likeness (QED) is 0.505. The van der Waals surface area contributed by atoms with Crippen LogP contribution in [0.5, 0.6) is 0 Å². The third-order valence-electron chi connectivity index (χ3n) is 4.61. The van der Waals surface area contributed by atoms with E-state index in [9.17, 15) is 18.6 Å². The molecule has 5 nitrogen and oxygen atoms in total. The maximum Gasteiger partial charge on any atom is 0.236 e. The van der Waals surface area contributed by atoms with Gasteiger partial charge in [0.25, 0.3) is 0 Å². The lowest BCUT2D eigenvalue weighted by Crippen LogP contribution is -2.40. The first kappa shape index (κ1) is 21.8. The molecule has 6 heteroatoms. The van der Waals surface area contributed by atoms with Gasteiger partial charge in [0, 0.05) is 5.41 Å². The van der Waals surface area contributed by atoms with Crippen molar-refractivity contribution in [1.29, 1.82) is 0 Å². The number of hydrogen-bond acceptors (Lipinski definition) is 4. The van der Waals surface area contributed by atoms with E-state index in [-0.39, 0.29) is 11.5 Å². The molecule has 0 aliphatic carbocycles. The second kappa shape index (κ2) is 8.62. The Kier molecular flexibility index (Phi) is 8.55. The average molecular weight is 338 g/mol. The van der Waals surface area contributed by atoms with Crippen LogP contribution in [0.15, 0.2) is 0 Å². The predicted octanol–water partition coefficient (Wildman–Crippen LogP) is 2.76. The maximum atomic E-state index is 11.2. The molecule has 0 aliphatic rings. The summed E-state index contributed by atoms with van der Waals surface area (Å²) in [6.45, 7) is 9.71. The number of rotatable bonds is 11. The summed E-state index contributed by atoms with van der Waals surface area (Å²) in [5.74, 6) is 0. The first-order chi connectivity index (χ1) is 9.84. The van der Waals surface area contributed by atoms with Crippen LogP contribution in [-0.4, -0.2) is 30.2 Å². The molecule has 0 aromatic heterocycles. The second-order valence-corrected chi connectivity index (χ2v) is 9.41. The van der Waals surface area contributed by atoms with Crippen molar-refractivity contribution in [2.45, 2.75) is 91.1 Å². The van der Waals surface area contributed by atoms with Gasteiger partial charge in [0.1, 0.15) is 0 Å². The van der Waals surface area contributed by atoms with E-state index >= 15 is 0 Å². The van der Waals surface area contributed by atoms with Crippen molar-refractivity contribution in [3.8, 4) is 0 Å². The molecule has 0 aromatic rings. The first-order valence-corrected chi connectivity index (χ1v) is 9.83. The van der Waals surface area contributed by atoms with Crippen molar-refractivity contribution in [1.82, 2.24) is 0 Å². The van der Waals surface area contributed by atoms with E-state index in [1.54, 1.807) is 13.8 Å². The molecule has 0 aliphatic heterocycles. The lowest BCUT2D eigenvalue weighted by Gasteiger charge is -2.32. The Morgan fingerprint density at radius 1 is 0.955 bits per heavy atom. The predicted molar refractivity (Wildman–Crippen MR) is 90.7 cm³/mol. The number of nitrogens with two attached hydrogens (primary N) is 1. The summed E-state index contributed by atoms with van der Waals surface area (Å²) < 4.78 is 22.5. The zero-order chi connectivity index (χ0) is 17.6. The fraction of sp³-hybridized carbons (Fsp3) is 1.00. The Bertz CT molecular complexity index is 418. The van der Waals surface area contributed by atoms with Crippen molar-refractivity contribution in [3.63, 3.8) is 0 Å². The number of hydrogen-bond donors (Lipinski definition) is 3. The van der Waals surface area contributed by atoms with Gasteiger partial charge in [0.05, 0.1) is 6.10 Å². The zero-order valence-electron chi connectivity index (χ0n) is 14.8. The van der Waals surface area contributed by atoms with Crippen LogP contribution in [0, 0.1) is 10.8 Å². The van der Waals surface area contributed by atoms with Crippen LogP contribution in [-0.2, 0) is 10.0 Å². The van der Waals surface area contributed by atoms with Gasteiger partial charge in [-0.25, -0.2) is 13.6 Å². The fourth-order valence-electron chi connectivity index (χ4n) is 2.68. The van der Waals surface area contributed by atoms with Gasteiger partial charge >= 0.3 is 0 Å². The molecule has 0 saturated heterocycles. The van der Waals surface area contributed by atoms with Crippen LogP contribution in [0.4, 0.5) is 0 Å². The highest BCUT2D eigenvalue weighted by molar-refractivity contribution is 7.89. The molecule has 134 valence electrons. The smallest absolute Gasteiger partial charge is 0.236 e. The Morgan fingerprint density at radius 3 is 1.91 bits per heavy atom. The SMILES string of the molecule is CCCCC(C)(C)C(O)CCCCC(C)(C)C(O)S(N)(=O)=O. The van der Waals surface area contributed by atoms with Crippen molar-refractivity contribution in [2.75, 3.05) is 0 Å². The van der Waals surface area contributed by atoms with Gasteiger partial charge in [-0.3, -0.25) is 0 Å². The minimum Gasteiger partial charge on any atom is -0.393 e. The second-order valence-electron chi connectivity index (χ2n) is 7.78. The molecule has 4 N–H and O–H groups in total. The molecule has 0 rings (SSSR count). The monoisotopic (exact) mass is 337 g/mol. The molecule has 0 saturated carbocycles. The molecule has 0 fully saturated rings. The number of unbranched alkanes of at least 4 members (excludes halogenated alkanes) is 2. The Balaban J connectivity index is 4.27. The summed E-state index contributed by atoms with van der Waals surface area (Å²) in [5.41, 5.74) is -2.42. The Hall–Kier alpha value is -0.170. The minimum absolute atomic E-state index is 0.0916. The number of aliphatic hydroxyl groups is 2. The van der Waals surface area contributed by atoms with Gasteiger partial charge < -0.3 is 10.2 Å². The third-order valence-corrected chi connectivity index (χ3v) is 5.87. The van der Waals surface area contributed by atoms with Crippen molar-refractivity contribution >= 4 is 10.0 Å². The molecule has 0 spiro atoms. The molecule has 0 amide bonds. The molecule has 0 heterocycles. The number of aliphatic hydroxyl groups excluding tert-OH is 2. The van der Waals surface area contributed by atoms with Crippen molar-refractivity contribution in [3.05, 3.63) is 0 Å². The standard InChI is InChI=1S/C16H35NO4S/c1-6-7-11-15(2,3)13(18)10-8-9-12-16(4,5)14(19)22(17,20)21/h13-14,18-19H,6-12H2,1-5H3,(H2,17,20,21). The van der Waals surface area contributed by atoms with Crippen LogP contribution in [0.2, 0.25) is 0 Å². The molecular formula is C16H35NO4S. The highest BCUT2D eigenvalue weighted by Crippen LogP contribution is 2.33. The molecule has 22 heavy (non-hydrogen) atoms. The fourth-order valence-corrected chi connectivity index (χ4v) is 3.68. The maximum absolute atomic E-state index is 11.2. The van der Waals surface area contributed by atoms with E-state index in [1.807, 2.05) is 0 Å². The van der Waals surface area contributed by atoms with Gasteiger partial charge in [-0.15, -0.1) is 0 Å². The Labute approximate surface area is 136 Å². The van der Waals surface area contributed by atoms with Crippen LogP contribution in [0.1, 0.15) is 79.6 Å². The number of primary sulfonamides is 1. The van der Waals surface area contributed by atoms with Crippen LogP contribution in [0.3, 0.4) is 0 Å². The normalized spacial score (nSPS) is 16.5. The van der Waals surface area contributed by atoms with Crippen molar-refractivity contribution in [2.24, 2.45) is 16.0 Å². The summed E-state index contributed by atoms with van der Waals surface area (Å²) in [6.07, 6.45) is 5.67. The van der Waals surface area contributed by atoms with Gasteiger partial charge in [-0.2, -0.15) is 0 Å². The van der Waals surface area contributed by atoms with E-state index in [0.717, 1.165) is 32.1 Å². The largest absolute Gasteiger partial charge is 0.393 e. The Morgan fingerprint density at radius 2 is 1.45 bits per heavy atom. The van der Waals surface area contributed by atoms with Crippen LogP contribution in [0.25, 0.3) is 0 Å². The lowest BCUT2D eigenvalue weighted by molar-refractivity contribution is 0.0321. The minimum atomic E-state index is -3.94. The zero-order valence-corrected chi connectivity index (χ0v) is 15.6. The molecular weight excluding hydrogens is 302 g/mol. The lowest BCUT2D eigenvalue weighted by atomic mass is 9.79. The first-order valence-electron chi connectivity index (χ1n) is 8.22. The summed E-state index contributed by atoms with van der Waals surface area (Å²) in [7, 11) is -3.94. The molecule has 2 atom stereocenters. The van der Waals surface area contributed by atoms with Crippen LogP contribution >= 0.6 is 0 Å². The summed E-state index contributed by atoms with van der Waals surface area (Å²) in [4.78, 5) is 0. The van der Waals surface area contributed by atoms with Gasteiger partial charge in [0.15, 0.2) is 5.44 Å². The van der Waals surface area contributed by atoms with E-state index in [1.165, 1.54) is 0 Å². The van der Waals surface area contributed by atoms with Gasteiger partial charge in [0.2, 0.25) is 10.0 Å². The molecule has 2 unspecified atom stereocenters. The third kappa shape index (κ3) is 7.40. The molecule has 0 radical (unpaired) electrons. The van der Waals surface area contributed by atoms with E-state index in [4.69, 9.17) is 5.14 Å². The van der Waals surface area contributed by atoms with Gasteiger partial charge in [-0.05, 0) is 24.7 Å². The van der Waals surface area contributed by atoms with Crippen molar-refractivity contribution < 1.29 is 18.6 Å². The average Bonchev–Trinajstić information content (AvgIpc) is 2.39. The summed E-state index contributed by atoms with van der Waals surface area (Å²) >= 11 is 0. The van der Waals surface area contributed by atoms with Gasteiger partial charge in [-0.1, -0.05) is 60.3 Å². The van der Waals surface area contributed by atoms with E-state index in [0.29, 0.717) is 12.8 Å². The molecule has 0 aromatic carbocycles. The molecule has 0 bridgehead atoms. The van der Waals surface area contributed by atoms with Crippen LogP contribution < -0.4 is 5.14 Å².